The first-order chi connectivity index (χ1) is 13.8. The highest BCUT2D eigenvalue weighted by molar-refractivity contribution is 5.94. The van der Waals surface area contributed by atoms with E-state index in [9.17, 15) is 4.79 Å². The summed E-state index contributed by atoms with van der Waals surface area (Å²) >= 11 is 0. The Hall–Kier alpha value is -2.13. The van der Waals surface area contributed by atoms with Gasteiger partial charge in [0.2, 0.25) is 0 Å². The average molecular weight is 380 g/mol. The molecule has 0 radical (unpaired) electrons. The molecule has 0 unspecified atom stereocenters. The van der Waals surface area contributed by atoms with Gasteiger partial charge in [0, 0.05) is 18.7 Å². The van der Waals surface area contributed by atoms with Crippen LogP contribution in [0.1, 0.15) is 61.4 Å². The topological polar surface area (TPSA) is 29.5 Å². The van der Waals surface area contributed by atoms with Crippen LogP contribution in [0.3, 0.4) is 0 Å². The summed E-state index contributed by atoms with van der Waals surface area (Å²) in [5.74, 6) is 0.101. The summed E-state index contributed by atoms with van der Waals surface area (Å²) in [7, 11) is 0. The van der Waals surface area contributed by atoms with E-state index in [1.54, 1.807) is 0 Å². The second-order valence-electron chi connectivity index (χ2n) is 7.70. The zero-order valence-electron chi connectivity index (χ0n) is 17.2. The number of ether oxygens (including phenoxy) is 1. The van der Waals surface area contributed by atoms with Gasteiger partial charge in [-0.25, -0.2) is 0 Å². The minimum atomic E-state index is 0.101. The molecule has 1 saturated heterocycles. The Bertz CT molecular complexity index is 715. The smallest absolute Gasteiger partial charge is 0.254 e. The van der Waals surface area contributed by atoms with E-state index in [1.165, 1.54) is 56.1 Å². The molecular weight excluding hydrogens is 346 g/mol. The summed E-state index contributed by atoms with van der Waals surface area (Å²) in [6.45, 7) is 4.89. The van der Waals surface area contributed by atoms with Crippen molar-refractivity contribution in [2.75, 3.05) is 26.3 Å². The van der Waals surface area contributed by atoms with Gasteiger partial charge in [0.05, 0.1) is 13.2 Å². The molecule has 0 N–H and O–H groups in total. The molecule has 3 heteroatoms. The van der Waals surface area contributed by atoms with Gasteiger partial charge in [0.15, 0.2) is 0 Å². The fourth-order valence-electron chi connectivity index (χ4n) is 3.73. The Morgan fingerprint density at radius 2 is 1.39 bits per heavy atom. The molecule has 1 heterocycles. The van der Waals surface area contributed by atoms with E-state index in [0.29, 0.717) is 26.3 Å². The summed E-state index contributed by atoms with van der Waals surface area (Å²) in [4.78, 5) is 14.4. The second kappa shape index (κ2) is 11.0. The molecule has 1 fully saturated rings. The third-order valence-electron chi connectivity index (χ3n) is 5.54. The van der Waals surface area contributed by atoms with Crippen molar-refractivity contribution in [2.45, 2.75) is 51.9 Å². The largest absolute Gasteiger partial charge is 0.378 e. The van der Waals surface area contributed by atoms with Crippen LogP contribution < -0.4 is 0 Å². The highest BCUT2D eigenvalue weighted by Crippen LogP contribution is 2.22. The Morgan fingerprint density at radius 3 is 2.04 bits per heavy atom. The maximum atomic E-state index is 12.5. The first-order valence-electron chi connectivity index (χ1n) is 10.8. The van der Waals surface area contributed by atoms with Crippen molar-refractivity contribution in [3.05, 3.63) is 59.7 Å². The molecule has 0 bridgehead atoms. The van der Waals surface area contributed by atoms with Gasteiger partial charge in [-0.05, 0) is 41.7 Å². The van der Waals surface area contributed by atoms with Gasteiger partial charge in [-0.1, -0.05) is 75.4 Å². The lowest BCUT2D eigenvalue weighted by Crippen LogP contribution is -2.40. The van der Waals surface area contributed by atoms with Crippen molar-refractivity contribution in [1.29, 1.82) is 0 Å². The molecule has 28 heavy (non-hydrogen) atoms. The number of morpholine rings is 1. The lowest BCUT2D eigenvalue weighted by molar-refractivity contribution is 0.0303. The average Bonchev–Trinajstić information content (AvgIpc) is 2.77. The summed E-state index contributed by atoms with van der Waals surface area (Å²) in [6.07, 6.45) is 9.19. The van der Waals surface area contributed by atoms with E-state index < -0.39 is 0 Å². The van der Waals surface area contributed by atoms with Crippen LogP contribution >= 0.6 is 0 Å². The van der Waals surface area contributed by atoms with Crippen molar-refractivity contribution >= 4 is 5.91 Å². The van der Waals surface area contributed by atoms with E-state index in [0.717, 1.165) is 11.1 Å². The van der Waals surface area contributed by atoms with Gasteiger partial charge in [0.25, 0.3) is 5.91 Å². The Kier molecular flexibility index (Phi) is 8.10. The maximum Gasteiger partial charge on any atom is 0.254 e. The standard InChI is InChI=1S/C25H33NO2/c1-2-3-4-5-6-7-8-21-9-11-22(12-10-21)23-13-15-24(16-14-23)25(27)26-17-19-28-20-18-26/h9-16H,2-8,17-20H2,1H3. The van der Waals surface area contributed by atoms with Gasteiger partial charge < -0.3 is 9.64 Å². The third-order valence-corrected chi connectivity index (χ3v) is 5.54. The van der Waals surface area contributed by atoms with Crippen molar-refractivity contribution < 1.29 is 9.53 Å². The molecule has 1 aliphatic rings. The second-order valence-corrected chi connectivity index (χ2v) is 7.70. The van der Waals surface area contributed by atoms with E-state index in [2.05, 4.69) is 43.3 Å². The van der Waals surface area contributed by atoms with Crippen LogP contribution in [0, 0.1) is 0 Å². The highest BCUT2D eigenvalue weighted by atomic mass is 16.5. The monoisotopic (exact) mass is 379 g/mol. The number of carbonyl (C=O) groups is 1. The summed E-state index contributed by atoms with van der Waals surface area (Å²) in [6, 6.07) is 16.9. The fraction of sp³-hybridized carbons (Fsp3) is 0.480. The molecule has 2 aromatic carbocycles. The van der Waals surface area contributed by atoms with Crippen LogP contribution in [0.25, 0.3) is 11.1 Å². The fourth-order valence-corrected chi connectivity index (χ4v) is 3.73. The molecule has 3 nitrogen and oxygen atoms in total. The SMILES string of the molecule is CCCCCCCCc1ccc(-c2ccc(C(=O)N3CCOCC3)cc2)cc1. The number of amides is 1. The van der Waals surface area contributed by atoms with Gasteiger partial charge >= 0.3 is 0 Å². The van der Waals surface area contributed by atoms with Crippen molar-refractivity contribution in [1.82, 2.24) is 4.90 Å². The van der Waals surface area contributed by atoms with Crippen LogP contribution in [0.15, 0.2) is 48.5 Å². The lowest BCUT2D eigenvalue weighted by atomic mass is 10.00. The predicted molar refractivity (Wildman–Crippen MR) is 116 cm³/mol. The number of aryl methyl sites for hydroxylation is 1. The lowest BCUT2D eigenvalue weighted by Gasteiger charge is -2.26. The van der Waals surface area contributed by atoms with Gasteiger partial charge in [-0.2, -0.15) is 0 Å². The summed E-state index contributed by atoms with van der Waals surface area (Å²) < 4.78 is 5.32. The van der Waals surface area contributed by atoms with Crippen LogP contribution in [0.5, 0.6) is 0 Å². The van der Waals surface area contributed by atoms with E-state index >= 15 is 0 Å². The number of rotatable bonds is 9. The van der Waals surface area contributed by atoms with Gasteiger partial charge in [0.1, 0.15) is 0 Å². The summed E-state index contributed by atoms with van der Waals surface area (Å²) in [5.41, 5.74) is 4.53. The van der Waals surface area contributed by atoms with Crippen LogP contribution in [0.2, 0.25) is 0 Å². The first-order valence-corrected chi connectivity index (χ1v) is 10.8. The van der Waals surface area contributed by atoms with E-state index in [1.807, 2.05) is 17.0 Å². The number of hydrogen-bond acceptors (Lipinski definition) is 2. The molecule has 0 aromatic heterocycles. The first kappa shape index (κ1) is 20.6. The van der Waals surface area contributed by atoms with Crippen LogP contribution in [0.4, 0.5) is 0 Å². The Balaban J connectivity index is 1.51. The van der Waals surface area contributed by atoms with Crippen molar-refractivity contribution in [3.8, 4) is 11.1 Å². The number of nitrogens with zero attached hydrogens (tertiary/aromatic N) is 1. The zero-order chi connectivity index (χ0) is 19.6. The predicted octanol–water partition coefficient (Wildman–Crippen LogP) is 5.73. The van der Waals surface area contributed by atoms with Crippen LogP contribution in [-0.4, -0.2) is 37.1 Å². The molecule has 0 spiro atoms. The molecule has 3 rings (SSSR count). The van der Waals surface area contributed by atoms with E-state index in [-0.39, 0.29) is 5.91 Å². The van der Waals surface area contributed by atoms with Crippen LogP contribution in [-0.2, 0) is 11.2 Å². The molecule has 0 saturated carbocycles. The molecule has 150 valence electrons. The summed E-state index contributed by atoms with van der Waals surface area (Å²) in [5, 5.41) is 0. The quantitative estimate of drug-likeness (QED) is 0.521. The molecule has 1 amide bonds. The minimum Gasteiger partial charge on any atom is -0.378 e. The normalized spacial score (nSPS) is 14.2. The minimum absolute atomic E-state index is 0.101. The molecule has 0 aliphatic carbocycles. The molecule has 2 aromatic rings. The Labute approximate surface area is 169 Å². The number of carbonyl (C=O) groups excluding carboxylic acids is 1. The Morgan fingerprint density at radius 1 is 0.821 bits per heavy atom. The maximum absolute atomic E-state index is 12.5. The van der Waals surface area contributed by atoms with Crippen molar-refractivity contribution in [2.24, 2.45) is 0 Å². The number of hydrogen-bond donors (Lipinski definition) is 0. The van der Waals surface area contributed by atoms with Crippen molar-refractivity contribution in [3.63, 3.8) is 0 Å². The van der Waals surface area contributed by atoms with E-state index in [4.69, 9.17) is 4.74 Å². The number of unbranched alkanes of at least 4 members (excludes halogenated alkanes) is 5. The van der Waals surface area contributed by atoms with Gasteiger partial charge in [-0.15, -0.1) is 0 Å². The van der Waals surface area contributed by atoms with Gasteiger partial charge in [-0.3, -0.25) is 4.79 Å². The molecular formula is C25H33NO2. The number of benzene rings is 2. The third kappa shape index (κ3) is 5.93. The molecule has 1 aliphatic heterocycles. The highest BCUT2D eigenvalue weighted by Gasteiger charge is 2.18. The molecule has 0 atom stereocenters. The zero-order valence-corrected chi connectivity index (χ0v) is 17.2.